The lowest BCUT2D eigenvalue weighted by Crippen LogP contribution is -2.14. The number of hydrogen-bond acceptors (Lipinski definition) is 4. The summed E-state index contributed by atoms with van der Waals surface area (Å²) in [5.41, 5.74) is 10.6. The van der Waals surface area contributed by atoms with Crippen LogP contribution >= 0.6 is 0 Å². The molecule has 0 spiro atoms. The van der Waals surface area contributed by atoms with Crippen LogP contribution in [0.4, 0.5) is 0 Å². The van der Waals surface area contributed by atoms with E-state index in [1.807, 2.05) is 36.4 Å². The van der Waals surface area contributed by atoms with Crippen molar-refractivity contribution in [2.75, 3.05) is 0 Å². The van der Waals surface area contributed by atoms with E-state index in [4.69, 9.17) is 5.73 Å². The molecule has 4 nitrogen and oxygen atoms in total. The third-order valence-corrected chi connectivity index (χ3v) is 4.07. The Labute approximate surface area is 142 Å². The van der Waals surface area contributed by atoms with Crippen molar-refractivity contribution in [1.29, 1.82) is 5.26 Å². The molecule has 0 bridgehead atoms. The van der Waals surface area contributed by atoms with Crippen molar-refractivity contribution in [1.82, 2.24) is 9.97 Å². The van der Waals surface area contributed by atoms with Gasteiger partial charge in [0.25, 0.3) is 0 Å². The van der Waals surface area contributed by atoms with Crippen molar-refractivity contribution in [2.45, 2.75) is 26.3 Å². The van der Waals surface area contributed by atoms with Crippen molar-refractivity contribution < 1.29 is 0 Å². The highest BCUT2D eigenvalue weighted by atomic mass is 14.8. The minimum Gasteiger partial charge on any atom is -0.323 e. The highest BCUT2D eigenvalue weighted by Gasteiger charge is 2.14. The molecule has 1 aromatic carbocycles. The lowest BCUT2D eigenvalue weighted by molar-refractivity contribution is 0.503. The fraction of sp³-hybridized carbons (Fsp3) is 0.250. The van der Waals surface area contributed by atoms with Gasteiger partial charge in [-0.05, 0) is 53.8 Å². The number of benzene rings is 1. The van der Waals surface area contributed by atoms with E-state index in [9.17, 15) is 5.26 Å². The molecule has 3 rings (SSSR count). The molecule has 2 aromatic heterocycles. The molecule has 2 N–H and O–H groups in total. The molecule has 0 fully saturated rings. The fourth-order valence-corrected chi connectivity index (χ4v) is 2.88. The Balaban J connectivity index is 2.10. The third kappa shape index (κ3) is 3.27. The maximum Gasteiger partial charge on any atom is 0.0999 e. The van der Waals surface area contributed by atoms with Crippen LogP contribution in [0, 0.1) is 17.2 Å². The number of fused-ring (bicyclic) bond motifs is 1. The summed E-state index contributed by atoms with van der Waals surface area (Å²) in [4.78, 5) is 8.73. The van der Waals surface area contributed by atoms with Gasteiger partial charge in [0.1, 0.15) is 0 Å². The van der Waals surface area contributed by atoms with Gasteiger partial charge in [-0.3, -0.25) is 9.97 Å². The van der Waals surface area contributed by atoms with E-state index < -0.39 is 0 Å². The number of rotatable bonds is 4. The quantitative estimate of drug-likeness (QED) is 0.782. The maximum atomic E-state index is 9.56. The van der Waals surface area contributed by atoms with E-state index >= 15 is 0 Å². The molecule has 1 atom stereocenters. The molecule has 0 aliphatic heterocycles. The number of nitrogens with two attached hydrogens (primary N) is 1. The zero-order chi connectivity index (χ0) is 17.1. The Morgan fingerprint density at radius 2 is 1.83 bits per heavy atom. The molecule has 3 aromatic rings. The molecular formula is C20H20N4. The van der Waals surface area contributed by atoms with Crippen LogP contribution in [0.3, 0.4) is 0 Å². The van der Waals surface area contributed by atoms with E-state index in [-0.39, 0.29) is 6.04 Å². The molecule has 120 valence electrons. The predicted molar refractivity (Wildman–Crippen MR) is 96.1 cm³/mol. The summed E-state index contributed by atoms with van der Waals surface area (Å²) in [6.45, 7) is 4.26. The summed E-state index contributed by atoms with van der Waals surface area (Å²) in [6.07, 6.45) is 4.37. The summed E-state index contributed by atoms with van der Waals surface area (Å²) in [5, 5.41) is 10.4. The largest absolute Gasteiger partial charge is 0.323 e. The van der Waals surface area contributed by atoms with Gasteiger partial charge in [-0.1, -0.05) is 19.9 Å². The monoisotopic (exact) mass is 316 g/mol. The van der Waals surface area contributed by atoms with Crippen molar-refractivity contribution in [2.24, 2.45) is 11.7 Å². The Morgan fingerprint density at radius 1 is 1.08 bits per heavy atom. The second kappa shape index (κ2) is 6.77. The topological polar surface area (TPSA) is 75.6 Å². The number of hydrogen-bond donors (Lipinski definition) is 1. The molecule has 0 radical (unpaired) electrons. The standard InChI is InChI=1S/C20H20N4/c1-13(2)9-18(22)20-11-16(12-21)17-10-15(3-4-19(17)24-20)14-5-7-23-8-6-14/h3-8,10-11,13,18H,9,22H2,1-2H3/t18-/m0/s1. The van der Waals surface area contributed by atoms with Crippen LogP contribution in [0.25, 0.3) is 22.0 Å². The SMILES string of the molecule is CC(C)C[C@H](N)c1cc(C#N)c2cc(-c3ccncc3)ccc2n1. The van der Waals surface area contributed by atoms with E-state index in [1.165, 1.54) is 0 Å². The molecule has 0 amide bonds. The molecule has 0 unspecified atom stereocenters. The number of nitriles is 1. The maximum absolute atomic E-state index is 9.56. The number of pyridine rings is 2. The minimum atomic E-state index is -0.152. The van der Waals surface area contributed by atoms with Gasteiger partial charge < -0.3 is 5.73 Å². The minimum absolute atomic E-state index is 0.152. The highest BCUT2D eigenvalue weighted by molar-refractivity contribution is 5.89. The zero-order valence-electron chi connectivity index (χ0n) is 13.9. The van der Waals surface area contributed by atoms with E-state index in [0.717, 1.165) is 34.1 Å². The summed E-state index contributed by atoms with van der Waals surface area (Å²) in [7, 11) is 0. The van der Waals surface area contributed by atoms with Crippen LogP contribution < -0.4 is 5.73 Å². The molecule has 0 saturated carbocycles. The third-order valence-electron chi connectivity index (χ3n) is 4.07. The van der Waals surface area contributed by atoms with E-state index in [2.05, 4.69) is 29.9 Å². The zero-order valence-corrected chi connectivity index (χ0v) is 13.9. The van der Waals surface area contributed by atoms with Gasteiger partial charge in [0.05, 0.1) is 22.8 Å². The second-order valence-electron chi connectivity index (χ2n) is 6.41. The van der Waals surface area contributed by atoms with Gasteiger partial charge in [0, 0.05) is 23.8 Å². The molecule has 2 heterocycles. The summed E-state index contributed by atoms with van der Waals surface area (Å²) < 4.78 is 0. The average Bonchev–Trinajstić information content (AvgIpc) is 2.60. The van der Waals surface area contributed by atoms with E-state index in [1.54, 1.807) is 12.4 Å². The molecule has 0 saturated heterocycles. The van der Waals surface area contributed by atoms with Gasteiger partial charge in [-0.15, -0.1) is 0 Å². The average molecular weight is 316 g/mol. The number of aromatic nitrogens is 2. The normalized spacial score (nSPS) is 12.3. The van der Waals surface area contributed by atoms with Crippen molar-refractivity contribution >= 4 is 10.9 Å². The molecule has 0 aliphatic rings. The smallest absolute Gasteiger partial charge is 0.0999 e. The Bertz CT molecular complexity index is 895. The van der Waals surface area contributed by atoms with Crippen LogP contribution in [-0.2, 0) is 0 Å². The van der Waals surface area contributed by atoms with Gasteiger partial charge in [0.2, 0.25) is 0 Å². The van der Waals surface area contributed by atoms with Crippen molar-refractivity contribution in [3.8, 4) is 17.2 Å². The Morgan fingerprint density at radius 3 is 2.50 bits per heavy atom. The van der Waals surface area contributed by atoms with Gasteiger partial charge >= 0.3 is 0 Å². The van der Waals surface area contributed by atoms with Crippen molar-refractivity contribution in [3.05, 3.63) is 60.0 Å². The first kappa shape index (κ1) is 16.1. The summed E-state index contributed by atoms with van der Waals surface area (Å²) >= 11 is 0. The Hall–Kier alpha value is -2.77. The van der Waals surface area contributed by atoms with Crippen LogP contribution in [0.1, 0.15) is 37.6 Å². The lowest BCUT2D eigenvalue weighted by Gasteiger charge is -2.15. The van der Waals surface area contributed by atoms with Gasteiger partial charge in [0.15, 0.2) is 0 Å². The summed E-state index contributed by atoms with van der Waals surface area (Å²) in [5.74, 6) is 0.483. The van der Waals surface area contributed by atoms with Crippen LogP contribution in [0.2, 0.25) is 0 Å². The first-order valence-corrected chi connectivity index (χ1v) is 8.09. The molecule has 4 heteroatoms. The fourth-order valence-electron chi connectivity index (χ4n) is 2.88. The first-order chi connectivity index (χ1) is 11.6. The van der Waals surface area contributed by atoms with Gasteiger partial charge in [-0.25, -0.2) is 0 Å². The second-order valence-corrected chi connectivity index (χ2v) is 6.41. The van der Waals surface area contributed by atoms with E-state index in [0.29, 0.717) is 11.5 Å². The number of nitrogens with zero attached hydrogens (tertiary/aromatic N) is 3. The molecular weight excluding hydrogens is 296 g/mol. The molecule has 24 heavy (non-hydrogen) atoms. The molecule has 0 aliphatic carbocycles. The highest BCUT2D eigenvalue weighted by Crippen LogP contribution is 2.28. The first-order valence-electron chi connectivity index (χ1n) is 8.09. The van der Waals surface area contributed by atoms with Crippen molar-refractivity contribution in [3.63, 3.8) is 0 Å². The summed E-state index contributed by atoms with van der Waals surface area (Å²) in [6, 6.07) is 13.8. The Kier molecular flexibility index (Phi) is 4.54. The van der Waals surface area contributed by atoms with Crippen LogP contribution in [0.5, 0.6) is 0 Å². The van der Waals surface area contributed by atoms with Crippen LogP contribution in [-0.4, -0.2) is 9.97 Å². The van der Waals surface area contributed by atoms with Gasteiger partial charge in [-0.2, -0.15) is 5.26 Å². The predicted octanol–water partition coefficient (Wildman–Crippen LogP) is 4.21. The lowest BCUT2D eigenvalue weighted by atomic mass is 9.97. The van der Waals surface area contributed by atoms with Crippen LogP contribution in [0.15, 0.2) is 48.8 Å².